The lowest BCUT2D eigenvalue weighted by Crippen LogP contribution is -2.40. The minimum absolute atomic E-state index is 0.0273. The van der Waals surface area contributed by atoms with Gasteiger partial charge < -0.3 is 9.47 Å². The van der Waals surface area contributed by atoms with E-state index in [1.54, 1.807) is 0 Å². The SMILES string of the molecule is COC(=O)C[C@@H](CC(=O)N1C(=O)OC[C@@H]1Cc1ccccc1)c1ccccc1. The van der Waals surface area contributed by atoms with Gasteiger partial charge in [0.25, 0.3) is 0 Å². The second-order valence-electron chi connectivity index (χ2n) is 6.78. The number of rotatable bonds is 7. The Labute approximate surface area is 164 Å². The molecule has 2 aromatic rings. The first-order chi connectivity index (χ1) is 13.6. The van der Waals surface area contributed by atoms with E-state index in [4.69, 9.17) is 9.47 Å². The van der Waals surface area contributed by atoms with Crippen LogP contribution in [0.3, 0.4) is 0 Å². The molecule has 6 heteroatoms. The largest absolute Gasteiger partial charge is 0.469 e. The maximum Gasteiger partial charge on any atom is 0.416 e. The fraction of sp³-hybridized carbons (Fsp3) is 0.318. The van der Waals surface area contributed by atoms with Gasteiger partial charge in [-0.2, -0.15) is 0 Å². The molecule has 0 spiro atoms. The Morgan fingerprint density at radius 1 is 1.07 bits per heavy atom. The van der Waals surface area contributed by atoms with Gasteiger partial charge in [0.1, 0.15) is 6.61 Å². The number of ether oxygens (including phenoxy) is 2. The molecule has 0 radical (unpaired) electrons. The van der Waals surface area contributed by atoms with Gasteiger partial charge in [0, 0.05) is 12.3 Å². The summed E-state index contributed by atoms with van der Waals surface area (Å²) in [7, 11) is 1.32. The molecule has 6 nitrogen and oxygen atoms in total. The summed E-state index contributed by atoms with van der Waals surface area (Å²) in [5.41, 5.74) is 1.88. The number of carbonyl (C=O) groups is 3. The maximum absolute atomic E-state index is 13.0. The maximum atomic E-state index is 13.0. The van der Waals surface area contributed by atoms with Crippen LogP contribution in [0, 0.1) is 0 Å². The van der Waals surface area contributed by atoms with E-state index >= 15 is 0 Å². The van der Waals surface area contributed by atoms with Crippen LogP contribution in [0.2, 0.25) is 0 Å². The van der Waals surface area contributed by atoms with Crippen LogP contribution in [0.15, 0.2) is 60.7 Å². The molecule has 146 valence electrons. The Hall–Kier alpha value is -3.15. The van der Waals surface area contributed by atoms with E-state index in [0.717, 1.165) is 11.1 Å². The van der Waals surface area contributed by atoms with Gasteiger partial charge in [0.15, 0.2) is 0 Å². The molecule has 1 heterocycles. The van der Waals surface area contributed by atoms with Crippen LogP contribution < -0.4 is 0 Å². The molecule has 0 bridgehead atoms. The fourth-order valence-corrected chi connectivity index (χ4v) is 3.43. The zero-order valence-electron chi connectivity index (χ0n) is 15.7. The highest BCUT2D eigenvalue weighted by atomic mass is 16.6. The average Bonchev–Trinajstić information content (AvgIpc) is 3.08. The number of nitrogens with zero attached hydrogens (tertiary/aromatic N) is 1. The van der Waals surface area contributed by atoms with E-state index in [1.807, 2.05) is 60.7 Å². The highest BCUT2D eigenvalue weighted by molar-refractivity contribution is 5.94. The minimum Gasteiger partial charge on any atom is -0.469 e. The summed E-state index contributed by atoms with van der Waals surface area (Å²) in [6.45, 7) is 0.173. The first-order valence-electron chi connectivity index (χ1n) is 9.23. The third-order valence-electron chi connectivity index (χ3n) is 4.88. The second-order valence-corrected chi connectivity index (χ2v) is 6.78. The molecular formula is C22H23NO5. The first-order valence-corrected chi connectivity index (χ1v) is 9.23. The lowest BCUT2D eigenvalue weighted by molar-refractivity contribution is -0.141. The predicted octanol–water partition coefficient (Wildman–Crippen LogP) is 3.31. The number of benzene rings is 2. The Bertz CT molecular complexity index is 821. The van der Waals surface area contributed by atoms with E-state index in [9.17, 15) is 14.4 Å². The topological polar surface area (TPSA) is 72.9 Å². The highest BCUT2D eigenvalue weighted by Gasteiger charge is 2.38. The molecule has 0 N–H and O–H groups in total. The zero-order valence-corrected chi connectivity index (χ0v) is 15.7. The van der Waals surface area contributed by atoms with E-state index in [0.29, 0.717) is 6.42 Å². The van der Waals surface area contributed by atoms with Crippen LogP contribution in [-0.2, 0) is 25.5 Å². The Kier molecular flexibility index (Phi) is 6.42. The number of amides is 2. The summed E-state index contributed by atoms with van der Waals surface area (Å²) in [5.74, 6) is -1.11. The third kappa shape index (κ3) is 4.76. The van der Waals surface area contributed by atoms with Gasteiger partial charge in [-0.1, -0.05) is 60.7 Å². The standard InChI is InChI=1S/C22H23NO5/c1-27-21(25)14-18(17-10-6-3-7-11-17)13-20(24)23-19(15-28-22(23)26)12-16-8-4-2-5-9-16/h2-11,18-19H,12-15H2,1H3/t18-,19+/m1/s1. The number of methoxy groups -OCH3 is 1. The molecule has 3 rings (SSSR count). The molecule has 0 saturated carbocycles. The van der Waals surface area contributed by atoms with E-state index in [-0.39, 0.29) is 37.3 Å². The minimum atomic E-state index is -0.629. The van der Waals surface area contributed by atoms with Crippen LogP contribution in [0.4, 0.5) is 4.79 Å². The van der Waals surface area contributed by atoms with E-state index in [1.165, 1.54) is 12.0 Å². The molecule has 2 aromatic carbocycles. The van der Waals surface area contributed by atoms with Gasteiger partial charge in [-0.25, -0.2) is 9.69 Å². The Balaban J connectivity index is 1.75. The number of esters is 1. The molecule has 1 aliphatic heterocycles. The van der Waals surface area contributed by atoms with Crippen molar-refractivity contribution in [3.63, 3.8) is 0 Å². The molecule has 0 unspecified atom stereocenters. The molecule has 1 fully saturated rings. The second kappa shape index (κ2) is 9.17. The lowest BCUT2D eigenvalue weighted by atomic mass is 9.91. The van der Waals surface area contributed by atoms with E-state index < -0.39 is 12.1 Å². The van der Waals surface area contributed by atoms with Crippen molar-refractivity contribution < 1.29 is 23.9 Å². The fourth-order valence-electron chi connectivity index (χ4n) is 3.43. The number of hydrogen-bond donors (Lipinski definition) is 0. The van der Waals surface area contributed by atoms with Crippen LogP contribution in [-0.4, -0.2) is 42.6 Å². The van der Waals surface area contributed by atoms with Crippen LogP contribution in [0.1, 0.15) is 29.9 Å². The van der Waals surface area contributed by atoms with Gasteiger partial charge in [-0.3, -0.25) is 9.59 Å². The molecule has 0 aromatic heterocycles. The van der Waals surface area contributed by atoms with Gasteiger partial charge in [0.2, 0.25) is 5.91 Å². The van der Waals surface area contributed by atoms with Crippen molar-refractivity contribution in [3.05, 3.63) is 71.8 Å². The van der Waals surface area contributed by atoms with Gasteiger partial charge in [0.05, 0.1) is 19.6 Å². The summed E-state index contributed by atoms with van der Waals surface area (Å²) in [5, 5.41) is 0. The molecule has 2 atom stereocenters. The molecular weight excluding hydrogens is 358 g/mol. The summed E-state index contributed by atoms with van der Waals surface area (Å²) >= 11 is 0. The highest BCUT2D eigenvalue weighted by Crippen LogP contribution is 2.27. The van der Waals surface area contributed by atoms with Crippen molar-refractivity contribution in [2.45, 2.75) is 31.2 Å². The van der Waals surface area contributed by atoms with Crippen molar-refractivity contribution in [1.82, 2.24) is 4.90 Å². The molecule has 28 heavy (non-hydrogen) atoms. The number of imide groups is 1. The van der Waals surface area contributed by atoms with Gasteiger partial charge in [-0.15, -0.1) is 0 Å². The van der Waals surface area contributed by atoms with Gasteiger partial charge >= 0.3 is 12.1 Å². The quantitative estimate of drug-likeness (QED) is 0.688. The molecule has 2 amide bonds. The summed E-state index contributed by atoms with van der Waals surface area (Å²) < 4.78 is 9.91. The summed E-state index contributed by atoms with van der Waals surface area (Å²) in [6.07, 6.45) is -0.000584. The summed E-state index contributed by atoms with van der Waals surface area (Å²) in [6, 6.07) is 18.6. The number of carbonyl (C=O) groups excluding carboxylic acids is 3. The lowest BCUT2D eigenvalue weighted by Gasteiger charge is -2.23. The monoisotopic (exact) mass is 381 g/mol. The van der Waals surface area contributed by atoms with Crippen molar-refractivity contribution >= 4 is 18.0 Å². The smallest absolute Gasteiger partial charge is 0.416 e. The van der Waals surface area contributed by atoms with Crippen molar-refractivity contribution in [2.75, 3.05) is 13.7 Å². The van der Waals surface area contributed by atoms with Crippen LogP contribution in [0.25, 0.3) is 0 Å². The molecule has 1 aliphatic rings. The average molecular weight is 381 g/mol. The van der Waals surface area contributed by atoms with Gasteiger partial charge in [-0.05, 0) is 17.5 Å². The third-order valence-corrected chi connectivity index (χ3v) is 4.88. The van der Waals surface area contributed by atoms with Crippen LogP contribution in [0.5, 0.6) is 0 Å². The number of hydrogen-bond acceptors (Lipinski definition) is 5. The van der Waals surface area contributed by atoms with Crippen molar-refractivity contribution in [3.8, 4) is 0 Å². The predicted molar refractivity (Wildman–Crippen MR) is 103 cm³/mol. The zero-order chi connectivity index (χ0) is 19.9. The Morgan fingerprint density at radius 3 is 2.36 bits per heavy atom. The number of cyclic esters (lactones) is 1. The molecule has 0 aliphatic carbocycles. The molecule has 1 saturated heterocycles. The van der Waals surface area contributed by atoms with Crippen molar-refractivity contribution in [1.29, 1.82) is 0 Å². The van der Waals surface area contributed by atoms with Crippen LogP contribution >= 0.6 is 0 Å². The summed E-state index contributed by atoms with van der Waals surface area (Å²) in [4.78, 5) is 38.2. The van der Waals surface area contributed by atoms with E-state index in [2.05, 4.69) is 0 Å². The Morgan fingerprint density at radius 2 is 1.71 bits per heavy atom. The van der Waals surface area contributed by atoms with Crippen molar-refractivity contribution in [2.24, 2.45) is 0 Å². The first kappa shape index (κ1) is 19.6. The normalized spacial score (nSPS) is 17.1.